The van der Waals surface area contributed by atoms with Gasteiger partial charge in [0.25, 0.3) is 0 Å². The van der Waals surface area contributed by atoms with E-state index < -0.39 is 0 Å². The van der Waals surface area contributed by atoms with Gasteiger partial charge in [-0.15, -0.1) is 0 Å². The lowest BCUT2D eigenvalue weighted by atomic mass is 9.48. The van der Waals surface area contributed by atoms with Crippen LogP contribution in [0.5, 0.6) is 0 Å². The third-order valence-electron chi connectivity index (χ3n) is 13.6. The normalized spacial score (nSPS) is 20.1. The predicted octanol–water partition coefficient (Wildman–Crippen LogP) is 13.9. The monoisotopic (exact) mass is 772 g/mol. The van der Waals surface area contributed by atoms with Gasteiger partial charge in [-0.1, -0.05) is 158 Å². The molecule has 1 aromatic heterocycles. The zero-order chi connectivity index (χ0) is 40.0. The molecule has 4 saturated carbocycles. The Labute approximate surface area is 352 Å². The van der Waals surface area contributed by atoms with Gasteiger partial charge in [-0.2, -0.15) is 5.26 Å². The minimum Gasteiger partial charge on any atom is -0.208 e. The fraction of sp³-hybridized carbons (Fsp3) is 0.179. The van der Waals surface area contributed by atoms with Crippen LogP contribution in [0, 0.1) is 29.1 Å². The summed E-state index contributed by atoms with van der Waals surface area (Å²) in [5.74, 6) is 4.50. The Kier molecular flexibility index (Phi) is 9.04. The van der Waals surface area contributed by atoms with Crippen molar-refractivity contribution < 1.29 is 0 Å². The van der Waals surface area contributed by atoms with Crippen LogP contribution in [0.2, 0.25) is 0 Å². The van der Waals surface area contributed by atoms with Gasteiger partial charge in [0.05, 0.1) is 11.6 Å². The molecule has 4 heteroatoms. The second-order valence-corrected chi connectivity index (χ2v) is 17.4. The summed E-state index contributed by atoms with van der Waals surface area (Å²) >= 11 is 0. The van der Waals surface area contributed by atoms with Gasteiger partial charge in [0, 0.05) is 16.7 Å². The molecule has 0 unspecified atom stereocenters. The highest BCUT2D eigenvalue weighted by molar-refractivity contribution is 5.88. The molecule has 4 bridgehead atoms. The van der Waals surface area contributed by atoms with Crippen molar-refractivity contribution in [2.24, 2.45) is 17.8 Å². The van der Waals surface area contributed by atoms with Gasteiger partial charge in [-0.05, 0) is 130 Å². The van der Waals surface area contributed by atoms with E-state index in [1.54, 1.807) is 0 Å². The lowest BCUT2D eigenvalue weighted by Crippen LogP contribution is -2.48. The molecule has 0 spiro atoms. The molecule has 60 heavy (non-hydrogen) atoms. The van der Waals surface area contributed by atoms with Crippen molar-refractivity contribution in [3.8, 4) is 84.7 Å². The average Bonchev–Trinajstić information content (AvgIpc) is 3.31. The molecule has 7 aromatic carbocycles. The quantitative estimate of drug-likeness (QED) is 0.154. The van der Waals surface area contributed by atoms with Crippen LogP contribution in [0.1, 0.15) is 49.7 Å². The Balaban J connectivity index is 1.07. The van der Waals surface area contributed by atoms with Gasteiger partial charge in [0.15, 0.2) is 17.5 Å². The first-order valence-corrected chi connectivity index (χ1v) is 21.4. The molecular weight excluding hydrogens is 729 g/mol. The predicted molar refractivity (Wildman–Crippen MR) is 242 cm³/mol. The van der Waals surface area contributed by atoms with E-state index in [2.05, 4.69) is 140 Å². The molecule has 4 fully saturated rings. The highest BCUT2D eigenvalue weighted by Crippen LogP contribution is 2.61. The Hall–Kier alpha value is -6.96. The highest BCUT2D eigenvalue weighted by Gasteiger charge is 2.51. The fourth-order valence-electron chi connectivity index (χ4n) is 11.2. The maximum Gasteiger partial charge on any atom is 0.164 e. The Bertz CT molecular complexity index is 2770. The number of hydrogen-bond acceptors (Lipinski definition) is 4. The van der Waals surface area contributed by atoms with Gasteiger partial charge in [-0.3, -0.25) is 0 Å². The molecule has 8 aromatic rings. The molecular formula is C56H44N4. The highest BCUT2D eigenvalue weighted by atomic mass is 15.0. The summed E-state index contributed by atoms with van der Waals surface area (Å²) in [5.41, 5.74) is 13.8. The van der Waals surface area contributed by atoms with Gasteiger partial charge < -0.3 is 0 Å². The third kappa shape index (κ3) is 6.61. The van der Waals surface area contributed by atoms with E-state index in [-0.39, 0.29) is 0 Å². The Morgan fingerprint density at radius 3 is 1.38 bits per heavy atom. The summed E-state index contributed by atoms with van der Waals surface area (Å²) in [6.45, 7) is 0. The lowest BCUT2D eigenvalue weighted by molar-refractivity contribution is -0.00518. The summed E-state index contributed by atoms with van der Waals surface area (Å²) in [5, 5.41) is 9.98. The van der Waals surface area contributed by atoms with Crippen molar-refractivity contribution >= 4 is 0 Å². The van der Waals surface area contributed by atoms with Crippen molar-refractivity contribution in [2.75, 3.05) is 0 Å². The first-order chi connectivity index (χ1) is 29.6. The fourth-order valence-corrected chi connectivity index (χ4v) is 11.2. The summed E-state index contributed by atoms with van der Waals surface area (Å²) in [4.78, 5) is 15.8. The van der Waals surface area contributed by atoms with Gasteiger partial charge >= 0.3 is 0 Å². The van der Waals surface area contributed by atoms with Gasteiger partial charge in [0.1, 0.15) is 0 Å². The van der Waals surface area contributed by atoms with Crippen molar-refractivity contribution in [3.63, 3.8) is 0 Å². The van der Waals surface area contributed by atoms with Crippen LogP contribution >= 0.6 is 0 Å². The van der Waals surface area contributed by atoms with Crippen molar-refractivity contribution in [3.05, 3.63) is 187 Å². The second kappa shape index (κ2) is 15.0. The Morgan fingerprint density at radius 1 is 0.383 bits per heavy atom. The maximum atomic E-state index is 9.98. The van der Waals surface area contributed by atoms with Crippen LogP contribution in [0.25, 0.3) is 78.7 Å². The van der Waals surface area contributed by atoms with Crippen LogP contribution in [0.3, 0.4) is 0 Å². The molecule has 0 atom stereocenters. The number of nitrogens with zero attached hydrogens (tertiary/aromatic N) is 4. The summed E-state index contributed by atoms with van der Waals surface area (Å²) < 4.78 is 0. The average molecular weight is 773 g/mol. The van der Waals surface area contributed by atoms with Gasteiger partial charge in [-0.25, -0.2) is 15.0 Å². The van der Waals surface area contributed by atoms with Gasteiger partial charge in [0.2, 0.25) is 0 Å². The molecule has 0 N–H and O–H groups in total. The summed E-state index contributed by atoms with van der Waals surface area (Å²) in [6.07, 6.45) is 8.37. The molecule has 12 rings (SSSR count). The van der Waals surface area contributed by atoms with E-state index in [0.717, 1.165) is 79.0 Å². The standard InChI is InChI=1S/C56H44N4/c57-36-37-12-11-17-44(31-37)52-32-45(24-27-49(52)43-22-25-46(26-23-43)56-33-38-28-39(34-56)30-40(29-38)35-56)53-58-54(50-20-9-7-18-47(50)41-13-3-1-4-14-41)60-55(59-53)51-21-10-8-19-48(51)42-15-5-2-6-16-42/h1-27,31-32,38-40H,28-30,33-35H2/t38-,39+,40?,56?. The molecule has 1 heterocycles. The van der Waals surface area contributed by atoms with E-state index in [0.29, 0.717) is 28.5 Å². The van der Waals surface area contributed by atoms with E-state index in [9.17, 15) is 5.26 Å². The van der Waals surface area contributed by atoms with E-state index in [4.69, 9.17) is 15.0 Å². The molecule has 0 amide bonds. The number of hydrogen-bond donors (Lipinski definition) is 0. The van der Waals surface area contributed by atoms with Crippen molar-refractivity contribution in [1.29, 1.82) is 5.26 Å². The topological polar surface area (TPSA) is 62.5 Å². The number of rotatable bonds is 8. The smallest absolute Gasteiger partial charge is 0.164 e. The van der Waals surface area contributed by atoms with Crippen molar-refractivity contribution in [2.45, 2.75) is 43.9 Å². The van der Waals surface area contributed by atoms with E-state index in [1.807, 2.05) is 42.5 Å². The summed E-state index contributed by atoms with van der Waals surface area (Å²) in [7, 11) is 0. The molecule has 4 aliphatic rings. The molecule has 0 aliphatic heterocycles. The minimum atomic E-state index is 0.341. The third-order valence-corrected chi connectivity index (χ3v) is 13.6. The lowest BCUT2D eigenvalue weighted by Gasteiger charge is -2.57. The SMILES string of the molecule is N#Cc1cccc(-c2cc(-c3nc(-c4ccccc4-c4ccccc4)nc(-c4ccccc4-c4ccccc4)n3)ccc2-c2ccc(C34CC5C[C@H](C3)C[C@@H](C5)C4)cc2)c1. The number of nitriles is 1. The number of aromatic nitrogens is 3. The molecule has 0 saturated heterocycles. The molecule has 4 aliphatic carbocycles. The minimum absolute atomic E-state index is 0.341. The summed E-state index contributed by atoms with van der Waals surface area (Å²) in [6, 6.07) is 63.9. The first-order valence-electron chi connectivity index (χ1n) is 21.4. The maximum absolute atomic E-state index is 9.98. The number of benzene rings is 7. The Morgan fingerprint density at radius 2 is 0.833 bits per heavy atom. The van der Waals surface area contributed by atoms with Crippen LogP contribution in [0.15, 0.2) is 176 Å². The van der Waals surface area contributed by atoms with Crippen LogP contribution < -0.4 is 0 Å². The zero-order valence-electron chi connectivity index (χ0n) is 33.5. The molecule has 4 nitrogen and oxygen atoms in total. The first kappa shape index (κ1) is 36.1. The largest absolute Gasteiger partial charge is 0.208 e. The zero-order valence-corrected chi connectivity index (χ0v) is 33.5. The van der Waals surface area contributed by atoms with E-state index >= 15 is 0 Å². The molecule has 288 valence electrons. The van der Waals surface area contributed by atoms with E-state index in [1.165, 1.54) is 44.1 Å². The van der Waals surface area contributed by atoms with Crippen LogP contribution in [-0.2, 0) is 5.41 Å². The van der Waals surface area contributed by atoms with Crippen LogP contribution in [0.4, 0.5) is 0 Å². The molecule has 0 radical (unpaired) electrons. The van der Waals surface area contributed by atoms with Crippen molar-refractivity contribution in [1.82, 2.24) is 15.0 Å². The van der Waals surface area contributed by atoms with Crippen LogP contribution in [-0.4, -0.2) is 15.0 Å². The second-order valence-electron chi connectivity index (χ2n) is 17.4.